The van der Waals surface area contributed by atoms with E-state index in [4.69, 9.17) is 0 Å². The second-order valence-corrected chi connectivity index (χ2v) is 6.17. The van der Waals surface area contributed by atoms with Crippen LogP contribution < -0.4 is 5.32 Å². The Morgan fingerprint density at radius 3 is 2.48 bits per heavy atom. The summed E-state index contributed by atoms with van der Waals surface area (Å²) >= 11 is 0. The molecule has 0 aliphatic carbocycles. The third kappa shape index (κ3) is 3.48. The average molecular weight is 355 g/mol. The smallest absolute Gasteiger partial charge is 0.298 e. The highest BCUT2D eigenvalue weighted by molar-refractivity contribution is 6.47. The SMILES string of the molecule is O=C(Nc1ccccn1)C(=O)c1cc(Cc2ccccc2)n2ccccc12. The molecule has 0 atom stereocenters. The van der Waals surface area contributed by atoms with Gasteiger partial charge in [0.1, 0.15) is 5.82 Å². The van der Waals surface area contributed by atoms with Crippen LogP contribution >= 0.6 is 0 Å². The number of nitrogens with zero attached hydrogens (tertiary/aromatic N) is 2. The summed E-state index contributed by atoms with van der Waals surface area (Å²) in [6, 6.07) is 22.6. The molecule has 4 aromatic rings. The molecule has 0 aliphatic heterocycles. The number of anilines is 1. The third-order valence-electron chi connectivity index (χ3n) is 4.34. The first-order valence-corrected chi connectivity index (χ1v) is 8.62. The van der Waals surface area contributed by atoms with Gasteiger partial charge in [0.15, 0.2) is 0 Å². The Morgan fingerprint density at radius 2 is 1.70 bits per heavy atom. The Hall–Kier alpha value is -3.73. The minimum Gasteiger partial charge on any atom is -0.320 e. The second kappa shape index (κ2) is 7.25. The summed E-state index contributed by atoms with van der Waals surface area (Å²) in [4.78, 5) is 29.2. The number of Topliss-reactive ketones (excluding diaryl/α,β-unsaturated/α-hetero) is 1. The molecule has 132 valence electrons. The number of fused-ring (bicyclic) bond motifs is 1. The van der Waals surface area contributed by atoms with Crippen LogP contribution in [-0.4, -0.2) is 21.1 Å². The van der Waals surface area contributed by atoms with E-state index in [1.54, 1.807) is 30.5 Å². The van der Waals surface area contributed by atoms with Crippen LogP contribution in [0.1, 0.15) is 21.6 Å². The Balaban J connectivity index is 1.67. The van der Waals surface area contributed by atoms with E-state index in [0.29, 0.717) is 23.3 Å². The Labute approximate surface area is 156 Å². The highest BCUT2D eigenvalue weighted by atomic mass is 16.2. The van der Waals surface area contributed by atoms with Crippen LogP contribution in [0.15, 0.2) is 85.2 Å². The van der Waals surface area contributed by atoms with E-state index < -0.39 is 11.7 Å². The molecule has 4 rings (SSSR count). The van der Waals surface area contributed by atoms with Crippen molar-refractivity contribution in [2.45, 2.75) is 6.42 Å². The number of pyridine rings is 2. The van der Waals surface area contributed by atoms with Crippen LogP contribution in [0.4, 0.5) is 5.82 Å². The zero-order valence-electron chi connectivity index (χ0n) is 14.5. The van der Waals surface area contributed by atoms with Crippen LogP contribution in [0, 0.1) is 0 Å². The molecule has 0 radical (unpaired) electrons. The molecule has 0 saturated heterocycles. The van der Waals surface area contributed by atoms with Gasteiger partial charge in [-0.05, 0) is 35.9 Å². The molecule has 27 heavy (non-hydrogen) atoms. The number of rotatable bonds is 5. The molecular formula is C22H17N3O2. The highest BCUT2D eigenvalue weighted by Crippen LogP contribution is 2.21. The number of carbonyl (C=O) groups excluding carboxylic acids is 2. The van der Waals surface area contributed by atoms with Crippen molar-refractivity contribution in [3.63, 3.8) is 0 Å². The van der Waals surface area contributed by atoms with Gasteiger partial charge in [-0.3, -0.25) is 9.59 Å². The number of hydrogen-bond donors (Lipinski definition) is 1. The van der Waals surface area contributed by atoms with Crippen LogP contribution in [0.5, 0.6) is 0 Å². The van der Waals surface area contributed by atoms with Gasteiger partial charge in [0.2, 0.25) is 0 Å². The average Bonchev–Trinajstić information content (AvgIpc) is 3.07. The zero-order valence-corrected chi connectivity index (χ0v) is 14.5. The van der Waals surface area contributed by atoms with Gasteiger partial charge in [0.05, 0.1) is 11.1 Å². The molecule has 1 aromatic carbocycles. The van der Waals surface area contributed by atoms with Crippen molar-refractivity contribution in [1.29, 1.82) is 0 Å². The van der Waals surface area contributed by atoms with Crippen molar-refractivity contribution in [2.75, 3.05) is 5.32 Å². The zero-order chi connectivity index (χ0) is 18.6. The van der Waals surface area contributed by atoms with Crippen molar-refractivity contribution in [2.24, 2.45) is 0 Å². The number of ketones is 1. The summed E-state index contributed by atoms with van der Waals surface area (Å²) in [7, 11) is 0. The number of amides is 1. The largest absolute Gasteiger partial charge is 0.320 e. The summed E-state index contributed by atoms with van der Waals surface area (Å²) in [6.45, 7) is 0. The lowest BCUT2D eigenvalue weighted by Gasteiger charge is -2.03. The van der Waals surface area contributed by atoms with Crippen LogP contribution in [0.3, 0.4) is 0 Å². The van der Waals surface area contributed by atoms with Gasteiger partial charge in [-0.2, -0.15) is 0 Å². The number of benzene rings is 1. The fourth-order valence-corrected chi connectivity index (χ4v) is 3.08. The molecule has 0 saturated carbocycles. The molecule has 0 unspecified atom stereocenters. The van der Waals surface area contributed by atoms with Crippen LogP contribution in [0.2, 0.25) is 0 Å². The standard InChI is InChI=1S/C22H17N3O2/c26-21(22(27)24-20-11-4-6-12-23-20)18-15-17(14-16-8-2-1-3-9-16)25-13-7-5-10-19(18)25/h1-13,15H,14H2,(H,23,24,27). The van der Waals surface area contributed by atoms with Crippen molar-refractivity contribution < 1.29 is 9.59 Å². The first kappa shape index (κ1) is 16.7. The van der Waals surface area contributed by atoms with Crippen molar-refractivity contribution in [3.05, 3.63) is 102 Å². The summed E-state index contributed by atoms with van der Waals surface area (Å²) in [6.07, 6.45) is 4.13. The monoisotopic (exact) mass is 355 g/mol. The molecule has 1 N–H and O–H groups in total. The quantitative estimate of drug-likeness (QED) is 0.438. The Kier molecular flexibility index (Phi) is 4.49. The molecular weight excluding hydrogens is 338 g/mol. The Morgan fingerprint density at radius 1 is 0.926 bits per heavy atom. The van der Waals surface area contributed by atoms with Gasteiger partial charge in [-0.15, -0.1) is 0 Å². The number of hydrogen-bond acceptors (Lipinski definition) is 3. The maximum absolute atomic E-state index is 12.8. The normalized spacial score (nSPS) is 10.7. The fraction of sp³-hybridized carbons (Fsp3) is 0.0455. The second-order valence-electron chi connectivity index (χ2n) is 6.17. The molecule has 0 bridgehead atoms. The van der Waals surface area contributed by atoms with Crippen LogP contribution in [0.25, 0.3) is 5.52 Å². The first-order chi connectivity index (χ1) is 13.2. The van der Waals surface area contributed by atoms with Gasteiger partial charge in [-0.25, -0.2) is 4.98 Å². The maximum atomic E-state index is 12.8. The summed E-state index contributed by atoms with van der Waals surface area (Å²) < 4.78 is 1.95. The molecule has 5 nitrogen and oxygen atoms in total. The number of carbonyl (C=O) groups is 2. The van der Waals surface area contributed by atoms with Gasteiger partial charge >= 0.3 is 0 Å². The van der Waals surface area contributed by atoms with Gasteiger partial charge in [0.25, 0.3) is 11.7 Å². The lowest BCUT2D eigenvalue weighted by molar-refractivity contribution is -0.112. The third-order valence-corrected chi connectivity index (χ3v) is 4.34. The van der Waals surface area contributed by atoms with E-state index in [1.165, 1.54) is 0 Å². The predicted molar refractivity (Wildman–Crippen MR) is 104 cm³/mol. The van der Waals surface area contributed by atoms with E-state index in [2.05, 4.69) is 10.3 Å². The summed E-state index contributed by atoms with van der Waals surface area (Å²) in [5, 5.41) is 2.55. The van der Waals surface area contributed by atoms with Crippen LogP contribution in [-0.2, 0) is 11.2 Å². The van der Waals surface area contributed by atoms with E-state index >= 15 is 0 Å². The van der Waals surface area contributed by atoms with Crippen molar-refractivity contribution in [1.82, 2.24) is 9.38 Å². The molecule has 1 amide bonds. The maximum Gasteiger partial charge on any atom is 0.298 e. The molecule has 0 spiro atoms. The van der Waals surface area contributed by atoms with Gasteiger partial charge in [0, 0.05) is 24.5 Å². The predicted octanol–water partition coefficient (Wildman–Crippen LogP) is 3.75. The van der Waals surface area contributed by atoms with E-state index in [9.17, 15) is 9.59 Å². The number of nitrogens with one attached hydrogen (secondary N) is 1. The van der Waals surface area contributed by atoms with Gasteiger partial charge in [-0.1, -0.05) is 42.5 Å². The lowest BCUT2D eigenvalue weighted by Crippen LogP contribution is -2.23. The minimum absolute atomic E-state index is 0.351. The van der Waals surface area contributed by atoms with Gasteiger partial charge < -0.3 is 9.72 Å². The molecule has 5 heteroatoms. The summed E-state index contributed by atoms with van der Waals surface area (Å²) in [5.41, 5.74) is 3.18. The fourth-order valence-electron chi connectivity index (χ4n) is 3.08. The summed E-state index contributed by atoms with van der Waals surface area (Å²) in [5.74, 6) is -0.927. The van der Waals surface area contributed by atoms with E-state index in [0.717, 1.165) is 11.3 Å². The first-order valence-electron chi connectivity index (χ1n) is 8.62. The van der Waals surface area contributed by atoms with Crippen molar-refractivity contribution in [3.8, 4) is 0 Å². The topological polar surface area (TPSA) is 63.5 Å². The van der Waals surface area contributed by atoms with Crippen molar-refractivity contribution >= 4 is 23.0 Å². The Bertz CT molecular complexity index is 1100. The molecule has 3 heterocycles. The number of aromatic nitrogens is 2. The van der Waals surface area contributed by atoms with E-state index in [-0.39, 0.29) is 0 Å². The highest BCUT2D eigenvalue weighted by Gasteiger charge is 2.22. The van der Waals surface area contributed by atoms with E-state index in [1.807, 2.05) is 59.1 Å². The lowest BCUT2D eigenvalue weighted by atomic mass is 10.1. The minimum atomic E-state index is -0.698. The molecule has 0 fully saturated rings. The molecule has 0 aliphatic rings. The molecule has 3 aromatic heterocycles.